The summed E-state index contributed by atoms with van der Waals surface area (Å²) in [5.41, 5.74) is 0. The number of fused-ring (bicyclic) bond motifs is 1. The Hall–Kier alpha value is -1.43. The van der Waals surface area contributed by atoms with Gasteiger partial charge in [-0.25, -0.2) is 8.42 Å². The molecule has 4 nitrogen and oxygen atoms in total. The van der Waals surface area contributed by atoms with E-state index in [-0.39, 0.29) is 6.04 Å². The zero-order chi connectivity index (χ0) is 18.6. The molecule has 1 saturated heterocycles. The van der Waals surface area contributed by atoms with Crippen molar-refractivity contribution in [2.75, 3.05) is 26.2 Å². The van der Waals surface area contributed by atoms with Crippen LogP contribution in [0.1, 0.15) is 39.5 Å². The molecule has 0 bridgehead atoms. The third-order valence-corrected chi connectivity index (χ3v) is 7.53. The fraction of sp³-hybridized carbons (Fsp3) is 0.524. The van der Waals surface area contributed by atoms with E-state index in [0.29, 0.717) is 11.4 Å². The summed E-state index contributed by atoms with van der Waals surface area (Å²) >= 11 is 0. The summed E-state index contributed by atoms with van der Waals surface area (Å²) in [6.45, 7) is 7.54. The van der Waals surface area contributed by atoms with Crippen molar-refractivity contribution >= 4 is 20.8 Å². The van der Waals surface area contributed by atoms with Crippen LogP contribution in [-0.4, -0.2) is 49.8 Å². The Morgan fingerprint density at radius 2 is 1.69 bits per heavy atom. The topological polar surface area (TPSA) is 40.6 Å². The van der Waals surface area contributed by atoms with Crippen molar-refractivity contribution in [3.05, 3.63) is 42.5 Å². The molecule has 3 rings (SSSR count). The Morgan fingerprint density at radius 1 is 1.00 bits per heavy atom. The molecular weight excluding hydrogens is 344 g/mol. The minimum Gasteiger partial charge on any atom is -0.302 e. The van der Waals surface area contributed by atoms with E-state index in [4.69, 9.17) is 0 Å². The molecule has 0 spiro atoms. The Kier molecular flexibility index (Phi) is 6.33. The second-order valence-corrected chi connectivity index (χ2v) is 8.97. The average molecular weight is 375 g/mol. The summed E-state index contributed by atoms with van der Waals surface area (Å²) in [4.78, 5) is 2.86. The molecule has 5 heteroatoms. The van der Waals surface area contributed by atoms with Gasteiger partial charge in [0.15, 0.2) is 0 Å². The molecule has 2 aromatic carbocycles. The second-order valence-electron chi connectivity index (χ2n) is 7.11. The van der Waals surface area contributed by atoms with Crippen LogP contribution in [0.5, 0.6) is 0 Å². The van der Waals surface area contributed by atoms with Gasteiger partial charge < -0.3 is 4.90 Å². The van der Waals surface area contributed by atoms with Gasteiger partial charge in [0.05, 0.1) is 4.90 Å². The SMILES string of the molecule is CCC(CN1CCCCC1)N(CC)S(=O)(=O)c1cccc2ccccc12. The van der Waals surface area contributed by atoms with Gasteiger partial charge in [0.2, 0.25) is 10.0 Å². The molecule has 0 amide bonds. The summed E-state index contributed by atoms with van der Waals surface area (Å²) in [5, 5.41) is 1.77. The van der Waals surface area contributed by atoms with Crippen LogP contribution < -0.4 is 0 Å². The number of benzene rings is 2. The van der Waals surface area contributed by atoms with E-state index in [1.807, 2.05) is 43.3 Å². The van der Waals surface area contributed by atoms with E-state index in [1.54, 1.807) is 10.4 Å². The standard InChI is InChI=1S/C21H30N2O2S/c1-3-19(17-22-15-8-5-9-16-22)23(4-2)26(24,25)21-14-10-12-18-11-6-7-13-20(18)21/h6-7,10-14,19H,3-5,8-9,15-17H2,1-2H3. The molecule has 1 aliphatic rings. The van der Waals surface area contributed by atoms with E-state index >= 15 is 0 Å². The number of piperidine rings is 1. The highest BCUT2D eigenvalue weighted by Gasteiger charge is 2.31. The molecule has 1 heterocycles. The summed E-state index contributed by atoms with van der Waals surface area (Å²) in [6, 6.07) is 13.3. The van der Waals surface area contributed by atoms with Crippen molar-refractivity contribution in [2.24, 2.45) is 0 Å². The van der Waals surface area contributed by atoms with Crippen LogP contribution in [0.25, 0.3) is 10.8 Å². The predicted molar refractivity (Wildman–Crippen MR) is 108 cm³/mol. The van der Waals surface area contributed by atoms with Gasteiger partial charge in [0.25, 0.3) is 0 Å². The Bertz CT molecular complexity index is 824. The van der Waals surface area contributed by atoms with Gasteiger partial charge in [-0.3, -0.25) is 0 Å². The van der Waals surface area contributed by atoms with Crippen molar-refractivity contribution in [1.29, 1.82) is 0 Å². The van der Waals surface area contributed by atoms with E-state index in [2.05, 4.69) is 11.8 Å². The number of nitrogens with zero attached hydrogens (tertiary/aromatic N) is 2. The largest absolute Gasteiger partial charge is 0.302 e. The fourth-order valence-electron chi connectivity index (χ4n) is 4.04. The van der Waals surface area contributed by atoms with Gasteiger partial charge in [-0.1, -0.05) is 56.7 Å². The second kappa shape index (κ2) is 8.51. The number of sulfonamides is 1. The van der Waals surface area contributed by atoms with Gasteiger partial charge in [0, 0.05) is 24.5 Å². The van der Waals surface area contributed by atoms with Crippen LogP contribution in [0.2, 0.25) is 0 Å². The average Bonchev–Trinajstić information content (AvgIpc) is 2.68. The minimum absolute atomic E-state index is 0.0158. The molecule has 1 aliphatic heterocycles. The van der Waals surface area contributed by atoms with Crippen LogP contribution >= 0.6 is 0 Å². The van der Waals surface area contributed by atoms with Crippen LogP contribution in [0.15, 0.2) is 47.4 Å². The first-order valence-electron chi connectivity index (χ1n) is 9.80. The maximum atomic E-state index is 13.5. The monoisotopic (exact) mass is 374 g/mol. The quantitative estimate of drug-likeness (QED) is 0.732. The van der Waals surface area contributed by atoms with Gasteiger partial charge in [-0.05, 0) is 43.8 Å². The first-order chi connectivity index (χ1) is 12.6. The van der Waals surface area contributed by atoms with Gasteiger partial charge in [-0.15, -0.1) is 0 Å². The fourth-order valence-corrected chi connectivity index (χ4v) is 5.95. The van der Waals surface area contributed by atoms with Crippen molar-refractivity contribution in [1.82, 2.24) is 9.21 Å². The highest BCUT2D eigenvalue weighted by molar-refractivity contribution is 7.89. The number of rotatable bonds is 7. The number of hydrogen-bond donors (Lipinski definition) is 0. The van der Waals surface area contributed by atoms with Gasteiger partial charge in [0.1, 0.15) is 0 Å². The van der Waals surface area contributed by atoms with E-state index < -0.39 is 10.0 Å². The molecule has 1 unspecified atom stereocenters. The highest BCUT2D eigenvalue weighted by Crippen LogP contribution is 2.27. The molecule has 0 aliphatic carbocycles. The lowest BCUT2D eigenvalue weighted by Gasteiger charge is -2.35. The maximum absolute atomic E-state index is 13.5. The van der Waals surface area contributed by atoms with Crippen molar-refractivity contribution in [3.63, 3.8) is 0 Å². The van der Waals surface area contributed by atoms with Crippen LogP contribution in [0.4, 0.5) is 0 Å². The van der Waals surface area contributed by atoms with Gasteiger partial charge in [-0.2, -0.15) is 4.31 Å². The first kappa shape index (κ1) is 19.3. The molecule has 2 aromatic rings. The van der Waals surface area contributed by atoms with E-state index in [9.17, 15) is 8.42 Å². The lowest BCUT2D eigenvalue weighted by atomic mass is 10.1. The molecule has 0 N–H and O–H groups in total. The zero-order valence-corrected chi connectivity index (χ0v) is 16.7. The summed E-state index contributed by atoms with van der Waals surface area (Å²) in [6.07, 6.45) is 4.56. The normalized spacial score (nSPS) is 17.7. The number of likely N-dealkylation sites (tertiary alicyclic amines) is 1. The van der Waals surface area contributed by atoms with Crippen molar-refractivity contribution < 1.29 is 8.42 Å². The maximum Gasteiger partial charge on any atom is 0.243 e. The minimum atomic E-state index is -3.53. The Morgan fingerprint density at radius 3 is 2.38 bits per heavy atom. The molecule has 0 saturated carbocycles. The molecule has 0 radical (unpaired) electrons. The van der Waals surface area contributed by atoms with Crippen LogP contribution in [0, 0.1) is 0 Å². The molecule has 0 aromatic heterocycles. The van der Waals surface area contributed by atoms with Crippen molar-refractivity contribution in [3.8, 4) is 0 Å². The third-order valence-electron chi connectivity index (χ3n) is 5.44. The molecule has 1 atom stereocenters. The molecule has 142 valence electrons. The first-order valence-corrected chi connectivity index (χ1v) is 11.2. The van der Waals surface area contributed by atoms with E-state index in [0.717, 1.165) is 36.8 Å². The summed E-state index contributed by atoms with van der Waals surface area (Å²) in [7, 11) is -3.53. The third kappa shape index (κ3) is 3.95. The zero-order valence-electron chi connectivity index (χ0n) is 15.9. The van der Waals surface area contributed by atoms with Crippen LogP contribution in [0.3, 0.4) is 0 Å². The molecular formula is C21H30N2O2S. The summed E-state index contributed by atoms with van der Waals surface area (Å²) in [5.74, 6) is 0. The molecule has 26 heavy (non-hydrogen) atoms. The van der Waals surface area contributed by atoms with Crippen molar-refractivity contribution in [2.45, 2.75) is 50.5 Å². The lowest BCUT2D eigenvalue weighted by Crippen LogP contribution is -2.47. The molecule has 1 fully saturated rings. The van der Waals surface area contributed by atoms with Crippen LogP contribution in [-0.2, 0) is 10.0 Å². The smallest absolute Gasteiger partial charge is 0.243 e. The van der Waals surface area contributed by atoms with E-state index in [1.165, 1.54) is 19.3 Å². The number of hydrogen-bond acceptors (Lipinski definition) is 3. The Labute approximate surface area is 157 Å². The van der Waals surface area contributed by atoms with Gasteiger partial charge >= 0.3 is 0 Å². The predicted octanol–water partition coefficient (Wildman–Crippen LogP) is 4.11. The lowest BCUT2D eigenvalue weighted by molar-refractivity contribution is 0.172. The highest BCUT2D eigenvalue weighted by atomic mass is 32.2. The summed E-state index contributed by atoms with van der Waals surface area (Å²) < 4.78 is 28.8. The Balaban J connectivity index is 1.93. The number of likely N-dealkylation sites (N-methyl/N-ethyl adjacent to an activating group) is 1.